The summed E-state index contributed by atoms with van der Waals surface area (Å²) >= 11 is 0. The van der Waals surface area contributed by atoms with Gasteiger partial charge in [-0.25, -0.2) is 4.98 Å². The van der Waals surface area contributed by atoms with Crippen LogP contribution in [0.25, 0.3) is 11.7 Å². The number of carbonyl (C=O) groups excluding carboxylic acids is 1. The lowest BCUT2D eigenvalue weighted by molar-refractivity contribution is -0.111. The van der Waals surface area contributed by atoms with Gasteiger partial charge in [-0.2, -0.15) is 0 Å². The van der Waals surface area contributed by atoms with Crippen molar-refractivity contribution in [1.29, 1.82) is 0 Å². The average Bonchev–Trinajstić information content (AvgIpc) is 2.97. The summed E-state index contributed by atoms with van der Waals surface area (Å²) in [4.78, 5) is 18.3. The van der Waals surface area contributed by atoms with Crippen LogP contribution >= 0.6 is 0 Å². The summed E-state index contributed by atoms with van der Waals surface area (Å²) in [6, 6.07) is 13.5. The first-order valence-electron chi connectivity index (χ1n) is 7.32. The van der Waals surface area contributed by atoms with E-state index in [2.05, 4.69) is 10.3 Å². The number of nitrogens with zero attached hydrogens (tertiary/aromatic N) is 3. The van der Waals surface area contributed by atoms with Crippen molar-refractivity contribution in [1.82, 2.24) is 9.38 Å². The Hall–Kier alpha value is -3.08. The minimum absolute atomic E-state index is 0.173. The highest BCUT2D eigenvalue weighted by Crippen LogP contribution is 2.15. The normalized spacial score (nSPS) is 11.0. The molecule has 0 saturated heterocycles. The van der Waals surface area contributed by atoms with Crippen LogP contribution in [0.3, 0.4) is 0 Å². The van der Waals surface area contributed by atoms with Crippen molar-refractivity contribution in [3.8, 4) is 0 Å². The molecule has 5 heteroatoms. The standard InChI is InChI=1S/C18H18N4O/c1-21(2)15-8-6-14(7-9-15)20-18(23)11-10-16-13-19-17-5-3-4-12-22(16)17/h3-13H,1-2H3,(H,20,23)/b11-10+. The van der Waals surface area contributed by atoms with Crippen LogP contribution in [0.1, 0.15) is 5.69 Å². The zero-order valence-corrected chi connectivity index (χ0v) is 13.1. The van der Waals surface area contributed by atoms with Gasteiger partial charge in [0.2, 0.25) is 5.91 Å². The lowest BCUT2D eigenvalue weighted by Gasteiger charge is -2.12. The molecule has 0 fully saturated rings. The van der Waals surface area contributed by atoms with E-state index >= 15 is 0 Å². The van der Waals surface area contributed by atoms with Crippen LogP contribution < -0.4 is 10.2 Å². The first-order chi connectivity index (χ1) is 11.1. The number of nitrogens with one attached hydrogen (secondary N) is 1. The maximum Gasteiger partial charge on any atom is 0.248 e. The number of hydrogen-bond donors (Lipinski definition) is 1. The van der Waals surface area contributed by atoms with Gasteiger partial charge >= 0.3 is 0 Å². The molecule has 0 aliphatic heterocycles. The summed E-state index contributed by atoms with van der Waals surface area (Å²) in [5.74, 6) is -0.173. The smallest absolute Gasteiger partial charge is 0.248 e. The first-order valence-corrected chi connectivity index (χ1v) is 7.32. The highest BCUT2D eigenvalue weighted by molar-refractivity contribution is 6.01. The van der Waals surface area contributed by atoms with Gasteiger partial charge < -0.3 is 14.6 Å². The second-order valence-electron chi connectivity index (χ2n) is 5.38. The van der Waals surface area contributed by atoms with Crippen molar-refractivity contribution in [2.75, 3.05) is 24.3 Å². The predicted octanol–water partition coefficient (Wildman–Crippen LogP) is 3.05. The van der Waals surface area contributed by atoms with E-state index in [0.29, 0.717) is 0 Å². The lowest BCUT2D eigenvalue weighted by atomic mass is 10.2. The molecule has 1 N–H and O–H groups in total. The van der Waals surface area contributed by atoms with E-state index in [-0.39, 0.29) is 5.91 Å². The van der Waals surface area contributed by atoms with Gasteiger partial charge in [0.15, 0.2) is 0 Å². The van der Waals surface area contributed by atoms with E-state index in [4.69, 9.17) is 0 Å². The third-order valence-electron chi connectivity index (χ3n) is 3.50. The molecule has 0 spiro atoms. The van der Waals surface area contributed by atoms with Crippen molar-refractivity contribution in [2.45, 2.75) is 0 Å². The van der Waals surface area contributed by atoms with Crippen molar-refractivity contribution in [3.05, 3.63) is 66.6 Å². The van der Waals surface area contributed by atoms with Gasteiger partial charge in [-0.05, 0) is 42.5 Å². The third-order valence-corrected chi connectivity index (χ3v) is 3.50. The Morgan fingerprint density at radius 3 is 2.70 bits per heavy atom. The molecule has 0 aliphatic rings. The molecule has 3 aromatic rings. The predicted molar refractivity (Wildman–Crippen MR) is 93.6 cm³/mol. The molecule has 2 aromatic heterocycles. The Labute approximate surface area is 134 Å². The topological polar surface area (TPSA) is 49.6 Å². The summed E-state index contributed by atoms with van der Waals surface area (Å²) in [5.41, 5.74) is 3.57. The summed E-state index contributed by atoms with van der Waals surface area (Å²) in [6.45, 7) is 0. The maximum absolute atomic E-state index is 12.0. The molecule has 2 heterocycles. The van der Waals surface area contributed by atoms with Gasteiger partial charge in [0.25, 0.3) is 0 Å². The zero-order chi connectivity index (χ0) is 16.2. The summed E-state index contributed by atoms with van der Waals surface area (Å²) < 4.78 is 1.93. The lowest BCUT2D eigenvalue weighted by Crippen LogP contribution is -2.10. The zero-order valence-electron chi connectivity index (χ0n) is 13.1. The van der Waals surface area contributed by atoms with Crippen LogP contribution in [0.5, 0.6) is 0 Å². The maximum atomic E-state index is 12.0. The Morgan fingerprint density at radius 1 is 1.17 bits per heavy atom. The SMILES string of the molecule is CN(C)c1ccc(NC(=O)/C=C/c2cnc3ccccn23)cc1. The second-order valence-corrected chi connectivity index (χ2v) is 5.38. The monoisotopic (exact) mass is 306 g/mol. The van der Waals surface area contributed by atoms with Crippen molar-refractivity contribution >= 4 is 29.0 Å². The molecule has 0 unspecified atom stereocenters. The van der Waals surface area contributed by atoms with Crippen molar-refractivity contribution < 1.29 is 4.79 Å². The molecule has 3 rings (SSSR count). The molecule has 0 radical (unpaired) electrons. The average molecular weight is 306 g/mol. The second kappa shape index (κ2) is 6.36. The number of pyridine rings is 1. The highest BCUT2D eigenvalue weighted by Gasteiger charge is 2.01. The van der Waals surface area contributed by atoms with Crippen molar-refractivity contribution in [2.24, 2.45) is 0 Å². The molecule has 116 valence electrons. The Bertz CT molecular complexity index is 847. The quantitative estimate of drug-likeness (QED) is 0.754. The molecule has 23 heavy (non-hydrogen) atoms. The van der Waals surface area contributed by atoms with E-state index in [0.717, 1.165) is 22.7 Å². The number of benzene rings is 1. The number of carbonyl (C=O) groups is 1. The van der Waals surface area contributed by atoms with Crippen LogP contribution in [0.2, 0.25) is 0 Å². The van der Waals surface area contributed by atoms with Crippen LogP contribution in [-0.4, -0.2) is 29.4 Å². The first kappa shape index (κ1) is 14.8. The Balaban J connectivity index is 1.69. The molecule has 0 aliphatic carbocycles. The van der Waals surface area contributed by atoms with Gasteiger partial charge in [0, 0.05) is 37.7 Å². The van der Waals surface area contributed by atoms with Gasteiger partial charge in [-0.3, -0.25) is 4.79 Å². The van der Waals surface area contributed by atoms with E-state index in [1.165, 1.54) is 6.08 Å². The molecule has 1 amide bonds. The fraction of sp³-hybridized carbons (Fsp3) is 0.111. The number of fused-ring (bicyclic) bond motifs is 1. The third kappa shape index (κ3) is 3.40. The van der Waals surface area contributed by atoms with Gasteiger partial charge in [-0.15, -0.1) is 0 Å². The number of rotatable bonds is 4. The van der Waals surface area contributed by atoms with E-state index < -0.39 is 0 Å². The molecule has 1 aromatic carbocycles. The minimum Gasteiger partial charge on any atom is -0.378 e. The molecule has 0 saturated carbocycles. The van der Waals surface area contributed by atoms with Gasteiger partial charge in [0.05, 0.1) is 11.9 Å². The highest BCUT2D eigenvalue weighted by atomic mass is 16.1. The van der Waals surface area contributed by atoms with E-state index in [1.54, 1.807) is 12.3 Å². The van der Waals surface area contributed by atoms with E-state index in [1.807, 2.05) is 72.1 Å². The largest absolute Gasteiger partial charge is 0.378 e. The number of hydrogen-bond acceptors (Lipinski definition) is 3. The summed E-state index contributed by atoms with van der Waals surface area (Å²) in [5, 5.41) is 2.84. The van der Waals surface area contributed by atoms with Crippen LogP contribution in [0.15, 0.2) is 60.9 Å². The molecular formula is C18H18N4O. The van der Waals surface area contributed by atoms with Gasteiger partial charge in [-0.1, -0.05) is 6.07 Å². The molecule has 0 atom stereocenters. The number of imidazole rings is 1. The fourth-order valence-corrected chi connectivity index (χ4v) is 2.26. The number of aromatic nitrogens is 2. The van der Waals surface area contributed by atoms with E-state index in [9.17, 15) is 4.79 Å². The summed E-state index contributed by atoms with van der Waals surface area (Å²) in [7, 11) is 3.96. The van der Waals surface area contributed by atoms with Crippen LogP contribution in [-0.2, 0) is 4.79 Å². The Morgan fingerprint density at radius 2 is 1.96 bits per heavy atom. The molecule has 5 nitrogen and oxygen atoms in total. The minimum atomic E-state index is -0.173. The molecule has 0 bridgehead atoms. The number of anilines is 2. The number of amides is 1. The Kier molecular flexibility index (Phi) is 4.10. The summed E-state index contributed by atoms with van der Waals surface area (Å²) in [6.07, 6.45) is 6.92. The van der Waals surface area contributed by atoms with Crippen LogP contribution in [0.4, 0.5) is 11.4 Å². The van der Waals surface area contributed by atoms with Gasteiger partial charge in [0.1, 0.15) is 5.65 Å². The fourth-order valence-electron chi connectivity index (χ4n) is 2.26. The molecular weight excluding hydrogens is 288 g/mol. The van der Waals surface area contributed by atoms with Crippen LogP contribution in [0, 0.1) is 0 Å². The van der Waals surface area contributed by atoms with Crippen molar-refractivity contribution in [3.63, 3.8) is 0 Å².